The van der Waals surface area contributed by atoms with Crippen molar-refractivity contribution < 1.29 is 24.2 Å². The Bertz CT molecular complexity index is 584. The van der Waals surface area contributed by atoms with Crippen LogP contribution in [-0.2, 0) is 9.59 Å². The molecule has 0 fully saturated rings. The van der Waals surface area contributed by atoms with Crippen LogP contribution in [0.25, 0.3) is 0 Å². The van der Waals surface area contributed by atoms with Gasteiger partial charge in [-0.05, 0) is 30.5 Å². The Morgan fingerprint density at radius 1 is 1.22 bits per heavy atom. The Labute approximate surface area is 135 Å². The highest BCUT2D eigenvalue weighted by Gasteiger charge is 2.12. The Balaban J connectivity index is 2.57. The van der Waals surface area contributed by atoms with Crippen molar-refractivity contribution >= 4 is 23.5 Å². The number of carboxylic acid groups (broad SMARTS) is 1. The van der Waals surface area contributed by atoms with Crippen LogP contribution >= 0.6 is 0 Å². The van der Waals surface area contributed by atoms with Crippen molar-refractivity contribution in [2.45, 2.75) is 26.7 Å². The number of hydrogen-bond donors (Lipinski definition) is 3. The van der Waals surface area contributed by atoms with E-state index in [4.69, 9.17) is 9.84 Å². The lowest BCUT2D eigenvalue weighted by Gasteiger charge is -2.11. The van der Waals surface area contributed by atoms with Crippen molar-refractivity contribution in [3.8, 4) is 5.75 Å². The number of amides is 2. The van der Waals surface area contributed by atoms with E-state index in [2.05, 4.69) is 10.6 Å². The summed E-state index contributed by atoms with van der Waals surface area (Å²) < 4.78 is 5.06. The van der Waals surface area contributed by atoms with Crippen LogP contribution in [0.4, 0.5) is 5.69 Å². The average molecular weight is 322 g/mol. The summed E-state index contributed by atoms with van der Waals surface area (Å²) in [6, 6.07) is 4.13. The van der Waals surface area contributed by atoms with Crippen LogP contribution in [0, 0.1) is 5.92 Å². The number of carbonyl (C=O) groups is 3. The lowest BCUT2D eigenvalue weighted by Crippen LogP contribution is -2.32. The molecule has 0 saturated heterocycles. The largest absolute Gasteiger partial charge is 0.495 e. The van der Waals surface area contributed by atoms with E-state index in [-0.39, 0.29) is 23.8 Å². The van der Waals surface area contributed by atoms with Gasteiger partial charge in [-0.25, -0.2) is 4.79 Å². The van der Waals surface area contributed by atoms with Gasteiger partial charge in [-0.2, -0.15) is 0 Å². The number of carbonyl (C=O) groups excluding carboxylic acids is 2. The molecule has 2 amide bonds. The Morgan fingerprint density at radius 2 is 1.91 bits per heavy atom. The molecule has 0 saturated carbocycles. The van der Waals surface area contributed by atoms with Gasteiger partial charge in [-0.15, -0.1) is 0 Å². The Morgan fingerprint density at radius 3 is 2.48 bits per heavy atom. The second-order valence-corrected chi connectivity index (χ2v) is 5.48. The first kappa shape index (κ1) is 18.5. The Kier molecular flexibility index (Phi) is 7.05. The number of hydrogen-bond acceptors (Lipinski definition) is 4. The minimum Gasteiger partial charge on any atom is -0.495 e. The lowest BCUT2D eigenvalue weighted by atomic mass is 10.1. The molecule has 0 aliphatic carbocycles. The fourth-order valence-electron chi connectivity index (χ4n) is 1.81. The van der Waals surface area contributed by atoms with Crippen molar-refractivity contribution in [1.29, 1.82) is 0 Å². The fourth-order valence-corrected chi connectivity index (χ4v) is 1.81. The van der Waals surface area contributed by atoms with Crippen molar-refractivity contribution in [3.05, 3.63) is 23.8 Å². The quantitative estimate of drug-likeness (QED) is 0.678. The van der Waals surface area contributed by atoms with Gasteiger partial charge in [-0.3, -0.25) is 9.59 Å². The zero-order valence-corrected chi connectivity index (χ0v) is 13.5. The van der Waals surface area contributed by atoms with E-state index in [0.29, 0.717) is 18.0 Å². The molecule has 1 aromatic carbocycles. The van der Waals surface area contributed by atoms with E-state index in [9.17, 15) is 14.4 Å². The maximum atomic E-state index is 11.8. The van der Waals surface area contributed by atoms with Gasteiger partial charge < -0.3 is 20.5 Å². The molecule has 1 aromatic rings. The number of aromatic carboxylic acids is 1. The van der Waals surface area contributed by atoms with Gasteiger partial charge in [0.15, 0.2) is 0 Å². The van der Waals surface area contributed by atoms with Crippen molar-refractivity contribution in [2.75, 3.05) is 19.0 Å². The van der Waals surface area contributed by atoms with Gasteiger partial charge in [0.1, 0.15) is 5.75 Å². The predicted molar refractivity (Wildman–Crippen MR) is 85.7 cm³/mol. The van der Waals surface area contributed by atoms with Crippen LogP contribution in [0.1, 0.15) is 37.0 Å². The van der Waals surface area contributed by atoms with E-state index in [0.717, 1.165) is 6.42 Å². The highest BCUT2D eigenvalue weighted by Crippen LogP contribution is 2.25. The molecule has 0 aliphatic heterocycles. The molecule has 0 heterocycles. The van der Waals surface area contributed by atoms with Crippen LogP contribution in [0.3, 0.4) is 0 Å². The van der Waals surface area contributed by atoms with Gasteiger partial charge in [0.25, 0.3) is 0 Å². The first-order chi connectivity index (χ1) is 10.8. The molecule has 0 spiro atoms. The molecule has 0 unspecified atom stereocenters. The number of methoxy groups -OCH3 is 1. The van der Waals surface area contributed by atoms with E-state index in [1.807, 2.05) is 13.8 Å². The Hall–Kier alpha value is -2.57. The summed E-state index contributed by atoms with van der Waals surface area (Å²) in [5, 5.41) is 14.0. The van der Waals surface area contributed by atoms with Gasteiger partial charge >= 0.3 is 5.97 Å². The summed E-state index contributed by atoms with van der Waals surface area (Å²) >= 11 is 0. The minimum absolute atomic E-state index is 0.0573. The third kappa shape index (κ3) is 6.37. The van der Waals surface area contributed by atoms with E-state index in [1.54, 1.807) is 0 Å². The van der Waals surface area contributed by atoms with E-state index < -0.39 is 11.9 Å². The molecule has 7 heteroatoms. The van der Waals surface area contributed by atoms with Crippen LogP contribution in [0.15, 0.2) is 18.2 Å². The van der Waals surface area contributed by atoms with Crippen LogP contribution in [-0.4, -0.2) is 36.5 Å². The van der Waals surface area contributed by atoms with Gasteiger partial charge in [0.05, 0.1) is 24.9 Å². The smallest absolute Gasteiger partial charge is 0.335 e. The zero-order valence-electron chi connectivity index (χ0n) is 13.5. The molecule has 126 valence electrons. The van der Waals surface area contributed by atoms with Gasteiger partial charge in [0.2, 0.25) is 11.8 Å². The summed E-state index contributed by atoms with van der Waals surface area (Å²) in [5.74, 6) is -1.01. The number of carboxylic acids is 1. The maximum Gasteiger partial charge on any atom is 0.335 e. The topological polar surface area (TPSA) is 105 Å². The standard InChI is InChI=1S/C16H22N2O5/c1-10(2)4-7-14(19)17-9-15(20)18-12-6-5-11(16(21)22)8-13(12)23-3/h5-6,8,10H,4,7,9H2,1-3H3,(H,17,19)(H,18,20)(H,21,22). The zero-order chi connectivity index (χ0) is 17.4. The molecule has 7 nitrogen and oxygen atoms in total. The summed E-state index contributed by atoms with van der Waals surface area (Å²) in [6.07, 6.45) is 1.14. The summed E-state index contributed by atoms with van der Waals surface area (Å²) in [5.41, 5.74) is 0.403. The minimum atomic E-state index is -1.08. The van der Waals surface area contributed by atoms with Crippen LogP contribution in [0.5, 0.6) is 5.75 Å². The molecule has 1 rings (SSSR count). The number of rotatable bonds is 8. The molecule has 0 bridgehead atoms. The number of nitrogens with one attached hydrogen (secondary N) is 2. The summed E-state index contributed by atoms with van der Waals surface area (Å²) in [6.45, 7) is 3.89. The number of anilines is 1. The van der Waals surface area contributed by atoms with Crippen molar-refractivity contribution in [1.82, 2.24) is 5.32 Å². The van der Waals surface area contributed by atoms with Crippen molar-refractivity contribution in [2.24, 2.45) is 5.92 Å². The van der Waals surface area contributed by atoms with Gasteiger partial charge in [-0.1, -0.05) is 13.8 Å². The highest BCUT2D eigenvalue weighted by atomic mass is 16.5. The summed E-state index contributed by atoms with van der Waals surface area (Å²) in [4.78, 5) is 34.3. The third-order valence-electron chi connectivity index (χ3n) is 3.12. The predicted octanol–water partition coefficient (Wildman–Crippen LogP) is 1.88. The second-order valence-electron chi connectivity index (χ2n) is 5.48. The monoisotopic (exact) mass is 322 g/mol. The fraction of sp³-hybridized carbons (Fsp3) is 0.438. The molecule has 0 radical (unpaired) electrons. The molecular weight excluding hydrogens is 300 g/mol. The highest BCUT2D eigenvalue weighted by molar-refractivity contribution is 5.97. The van der Waals surface area contributed by atoms with E-state index >= 15 is 0 Å². The second kappa shape index (κ2) is 8.77. The van der Waals surface area contributed by atoms with Gasteiger partial charge in [0, 0.05) is 6.42 Å². The van der Waals surface area contributed by atoms with Crippen LogP contribution < -0.4 is 15.4 Å². The summed E-state index contributed by atoms with van der Waals surface area (Å²) in [7, 11) is 1.38. The first-order valence-corrected chi connectivity index (χ1v) is 7.31. The lowest BCUT2D eigenvalue weighted by molar-refractivity contribution is -0.124. The third-order valence-corrected chi connectivity index (χ3v) is 3.12. The molecular formula is C16H22N2O5. The average Bonchev–Trinajstić information content (AvgIpc) is 2.51. The number of benzene rings is 1. The van der Waals surface area contributed by atoms with E-state index in [1.165, 1.54) is 25.3 Å². The SMILES string of the molecule is COc1cc(C(=O)O)ccc1NC(=O)CNC(=O)CCC(C)C. The number of ether oxygens (including phenoxy) is 1. The normalized spacial score (nSPS) is 10.3. The maximum absolute atomic E-state index is 11.8. The van der Waals surface area contributed by atoms with Crippen LogP contribution in [0.2, 0.25) is 0 Å². The molecule has 0 aliphatic rings. The first-order valence-electron chi connectivity index (χ1n) is 7.31. The van der Waals surface area contributed by atoms with Crippen molar-refractivity contribution in [3.63, 3.8) is 0 Å². The molecule has 0 aromatic heterocycles. The molecule has 3 N–H and O–H groups in total. The molecule has 23 heavy (non-hydrogen) atoms. The molecule has 0 atom stereocenters.